The Labute approximate surface area is 126 Å². The molecule has 0 bridgehead atoms. The van der Waals surface area contributed by atoms with Crippen LogP contribution >= 0.6 is 22.6 Å². The lowest BCUT2D eigenvalue weighted by molar-refractivity contribution is -0.193. The first-order valence-corrected chi connectivity index (χ1v) is 5.52. The highest BCUT2D eigenvalue weighted by Crippen LogP contribution is 2.13. The lowest BCUT2D eigenvalue weighted by Gasteiger charge is -1.93. The van der Waals surface area contributed by atoms with Crippen LogP contribution in [0.1, 0.15) is 0 Å². The van der Waals surface area contributed by atoms with E-state index in [1.54, 1.807) is 6.20 Å². The zero-order chi connectivity index (χ0) is 17.3. The van der Waals surface area contributed by atoms with E-state index >= 15 is 0 Å². The van der Waals surface area contributed by atoms with E-state index in [1.165, 1.54) is 3.57 Å². The second-order valence-corrected chi connectivity index (χ2v) is 4.02. The Kier molecular flexibility index (Phi) is 9.67. The first-order chi connectivity index (χ1) is 9.28. The first-order valence-electron chi connectivity index (χ1n) is 4.44. The molecule has 0 saturated heterocycles. The van der Waals surface area contributed by atoms with Crippen LogP contribution in [0.15, 0.2) is 24.5 Å². The van der Waals surface area contributed by atoms with Gasteiger partial charge in [0.15, 0.2) is 0 Å². The third kappa shape index (κ3) is 14.6. The molecule has 0 aliphatic heterocycles. The Hall–Kier alpha value is -1.60. The summed E-state index contributed by atoms with van der Waals surface area (Å²) in [6.45, 7) is 0. The molecule has 0 amide bonds. The Morgan fingerprint density at radius 1 is 1.00 bits per heavy atom. The molecule has 0 spiro atoms. The molecule has 0 fully saturated rings. The van der Waals surface area contributed by atoms with Crippen molar-refractivity contribution in [3.63, 3.8) is 0 Å². The number of aromatic nitrogens is 1. The van der Waals surface area contributed by atoms with Crippen LogP contribution in [0, 0.1) is 3.57 Å². The van der Waals surface area contributed by atoms with Gasteiger partial charge in [-0.15, -0.1) is 0 Å². The van der Waals surface area contributed by atoms with Gasteiger partial charge in [-0.3, -0.25) is 4.98 Å². The summed E-state index contributed by atoms with van der Waals surface area (Å²) >= 11 is 2.22. The number of carbonyl (C=O) groups is 2. The molecule has 1 aromatic heterocycles. The summed E-state index contributed by atoms with van der Waals surface area (Å²) in [4.78, 5) is 21.7. The predicted molar refractivity (Wildman–Crippen MR) is 64.3 cm³/mol. The van der Waals surface area contributed by atoms with E-state index in [-0.39, 0.29) is 0 Å². The quantitative estimate of drug-likeness (QED) is 0.486. The minimum Gasteiger partial charge on any atom is -0.475 e. The van der Waals surface area contributed by atoms with Crippen molar-refractivity contribution in [3.8, 4) is 0 Å². The number of hydrogen-bond acceptors (Lipinski definition) is 3. The van der Waals surface area contributed by atoms with Gasteiger partial charge in [-0.25, -0.2) is 9.59 Å². The van der Waals surface area contributed by atoms with Crippen molar-refractivity contribution in [2.75, 3.05) is 0 Å². The molecule has 1 aromatic rings. The lowest BCUT2D eigenvalue weighted by Crippen LogP contribution is -2.21. The molecule has 0 radical (unpaired) electrons. The fraction of sp³-hybridized carbons (Fsp3) is 0.222. The molecule has 0 saturated carbocycles. The maximum atomic E-state index is 10.6. The number of pyridine rings is 1. The molecule has 5 nitrogen and oxygen atoms in total. The van der Waals surface area contributed by atoms with Crippen LogP contribution in [0.3, 0.4) is 0 Å². The number of halogens is 7. The number of carboxylic acid groups (broad SMARTS) is 2. The lowest BCUT2D eigenvalue weighted by atomic mass is 10.5. The van der Waals surface area contributed by atoms with Crippen molar-refractivity contribution < 1.29 is 46.1 Å². The molecule has 0 aromatic carbocycles. The number of rotatable bonds is 0. The van der Waals surface area contributed by atoms with Crippen molar-refractivity contribution in [3.05, 3.63) is 28.1 Å². The molecule has 21 heavy (non-hydrogen) atoms. The van der Waals surface area contributed by atoms with Gasteiger partial charge in [-0.2, -0.15) is 26.3 Å². The van der Waals surface area contributed by atoms with Crippen molar-refractivity contribution >= 4 is 34.5 Å². The summed E-state index contributed by atoms with van der Waals surface area (Å²) in [5.41, 5.74) is 0. The van der Waals surface area contributed by atoms with Crippen LogP contribution in [-0.4, -0.2) is 39.5 Å². The van der Waals surface area contributed by atoms with Gasteiger partial charge < -0.3 is 10.2 Å². The summed E-state index contributed by atoms with van der Waals surface area (Å²) in [5, 5.41) is 14.2. The number of nitrogens with zero attached hydrogens (tertiary/aromatic N) is 1. The van der Waals surface area contributed by atoms with E-state index in [2.05, 4.69) is 27.6 Å². The number of carboxylic acids is 2. The van der Waals surface area contributed by atoms with E-state index < -0.39 is 24.3 Å². The third-order valence-electron chi connectivity index (χ3n) is 1.11. The van der Waals surface area contributed by atoms with Crippen LogP contribution in [0.2, 0.25) is 0 Å². The minimum atomic E-state index is -5.08. The summed E-state index contributed by atoms with van der Waals surface area (Å²) in [7, 11) is 0. The number of aliphatic carboxylic acids is 2. The first kappa shape index (κ1) is 21.7. The van der Waals surface area contributed by atoms with Gasteiger partial charge >= 0.3 is 24.3 Å². The number of alkyl halides is 6. The molecule has 0 aliphatic rings. The smallest absolute Gasteiger partial charge is 0.475 e. The van der Waals surface area contributed by atoms with E-state index in [1.807, 2.05) is 18.3 Å². The normalized spacial score (nSPS) is 10.4. The molecule has 2 N–H and O–H groups in total. The predicted octanol–water partition coefficient (Wildman–Crippen LogP) is 2.95. The molecule has 12 heteroatoms. The van der Waals surface area contributed by atoms with Gasteiger partial charge in [-0.05, 0) is 34.7 Å². The minimum absolute atomic E-state index is 1.18. The van der Waals surface area contributed by atoms with Gasteiger partial charge in [0.1, 0.15) is 0 Å². The second kappa shape index (κ2) is 9.36. The standard InChI is InChI=1S/C5H4IN.2C2HF3O2/c6-5-2-1-3-7-4-5;2*3-2(4,5)1(6)7/h1-4H;2*(H,6,7). The summed E-state index contributed by atoms with van der Waals surface area (Å²) < 4.78 is 64.7. The summed E-state index contributed by atoms with van der Waals surface area (Å²) in [5.74, 6) is -5.51. The fourth-order valence-electron chi connectivity index (χ4n) is 0.342. The van der Waals surface area contributed by atoms with Crippen molar-refractivity contribution in [1.82, 2.24) is 4.98 Å². The highest BCUT2D eigenvalue weighted by Gasteiger charge is 2.38. The van der Waals surface area contributed by atoms with Gasteiger partial charge in [-0.1, -0.05) is 0 Å². The molecular formula is C9H6F6INO4. The molecular weight excluding hydrogens is 427 g/mol. The maximum Gasteiger partial charge on any atom is 0.490 e. The Balaban J connectivity index is 0. The van der Waals surface area contributed by atoms with E-state index in [0.717, 1.165) is 0 Å². The molecule has 1 rings (SSSR count). The van der Waals surface area contributed by atoms with Crippen molar-refractivity contribution in [2.45, 2.75) is 12.4 Å². The highest BCUT2D eigenvalue weighted by molar-refractivity contribution is 14.1. The number of hydrogen-bond donors (Lipinski definition) is 2. The van der Waals surface area contributed by atoms with Gasteiger partial charge in [0.25, 0.3) is 0 Å². The zero-order valence-corrected chi connectivity index (χ0v) is 11.8. The molecule has 0 unspecified atom stereocenters. The Morgan fingerprint density at radius 2 is 1.33 bits per heavy atom. The van der Waals surface area contributed by atoms with Crippen LogP contribution < -0.4 is 0 Å². The molecule has 120 valence electrons. The fourth-order valence-corrected chi connectivity index (χ4v) is 0.710. The average Bonchev–Trinajstić information content (AvgIpc) is 2.28. The monoisotopic (exact) mass is 433 g/mol. The highest BCUT2D eigenvalue weighted by atomic mass is 127. The van der Waals surface area contributed by atoms with E-state index in [9.17, 15) is 26.3 Å². The topological polar surface area (TPSA) is 87.5 Å². The molecule has 1 heterocycles. The zero-order valence-electron chi connectivity index (χ0n) is 9.61. The largest absolute Gasteiger partial charge is 0.490 e. The Morgan fingerprint density at radius 3 is 1.43 bits per heavy atom. The average molecular weight is 433 g/mol. The second-order valence-electron chi connectivity index (χ2n) is 2.78. The van der Waals surface area contributed by atoms with Crippen LogP contribution in [0.25, 0.3) is 0 Å². The Bertz CT molecular complexity index is 424. The van der Waals surface area contributed by atoms with Crippen LogP contribution in [-0.2, 0) is 9.59 Å². The third-order valence-corrected chi connectivity index (χ3v) is 1.75. The van der Waals surface area contributed by atoms with Gasteiger partial charge in [0.05, 0.1) is 0 Å². The van der Waals surface area contributed by atoms with Crippen LogP contribution in [0.5, 0.6) is 0 Å². The van der Waals surface area contributed by atoms with Crippen LogP contribution in [0.4, 0.5) is 26.3 Å². The summed E-state index contributed by atoms with van der Waals surface area (Å²) in [6, 6.07) is 3.93. The maximum absolute atomic E-state index is 10.6. The van der Waals surface area contributed by atoms with Crippen molar-refractivity contribution in [1.29, 1.82) is 0 Å². The van der Waals surface area contributed by atoms with Gasteiger partial charge in [0.2, 0.25) is 0 Å². The van der Waals surface area contributed by atoms with Gasteiger partial charge in [0, 0.05) is 16.0 Å². The molecule has 0 atom stereocenters. The van der Waals surface area contributed by atoms with Crippen molar-refractivity contribution in [2.24, 2.45) is 0 Å². The van der Waals surface area contributed by atoms with E-state index in [4.69, 9.17) is 19.8 Å². The summed E-state index contributed by atoms with van der Waals surface area (Å²) in [6.07, 6.45) is -6.58. The van der Waals surface area contributed by atoms with E-state index in [0.29, 0.717) is 0 Å². The SMILES string of the molecule is Ic1cccnc1.O=C(O)C(F)(F)F.O=C(O)C(F)(F)F. The molecule has 0 aliphatic carbocycles.